The van der Waals surface area contributed by atoms with E-state index in [0.717, 1.165) is 35.0 Å². The minimum absolute atomic E-state index is 0.0767. The van der Waals surface area contributed by atoms with Crippen molar-refractivity contribution in [2.24, 2.45) is 0 Å². The van der Waals surface area contributed by atoms with E-state index in [-0.39, 0.29) is 22.8 Å². The first-order valence-corrected chi connectivity index (χ1v) is 12.6. The number of carbonyl (C=O) groups excluding carboxylic acids is 1. The summed E-state index contributed by atoms with van der Waals surface area (Å²) in [5, 5.41) is 10.0. The zero-order valence-corrected chi connectivity index (χ0v) is 19.3. The summed E-state index contributed by atoms with van der Waals surface area (Å²) >= 11 is 3.02. The van der Waals surface area contributed by atoms with E-state index in [1.165, 1.54) is 34.7 Å². The van der Waals surface area contributed by atoms with Crippen LogP contribution in [0, 0.1) is 0 Å². The van der Waals surface area contributed by atoms with Crippen LogP contribution in [0.2, 0.25) is 0 Å². The number of hydrogen-bond donors (Lipinski definition) is 3. The number of rotatable bonds is 6. The van der Waals surface area contributed by atoms with Gasteiger partial charge in [0.2, 0.25) is 5.91 Å². The molecule has 10 heteroatoms. The normalized spacial score (nSPS) is 13.1. The van der Waals surface area contributed by atoms with Crippen molar-refractivity contribution in [1.82, 2.24) is 20.2 Å². The van der Waals surface area contributed by atoms with E-state index >= 15 is 0 Å². The van der Waals surface area contributed by atoms with Crippen molar-refractivity contribution in [1.29, 1.82) is 0 Å². The van der Waals surface area contributed by atoms with Gasteiger partial charge in [-0.3, -0.25) is 14.4 Å². The summed E-state index contributed by atoms with van der Waals surface area (Å²) in [6.07, 6.45) is 4.27. The number of fused-ring (bicyclic) bond motifs is 3. The van der Waals surface area contributed by atoms with Crippen LogP contribution in [-0.4, -0.2) is 31.8 Å². The molecule has 1 amide bonds. The summed E-state index contributed by atoms with van der Waals surface area (Å²) in [7, 11) is 0. The molecule has 0 atom stereocenters. The highest BCUT2D eigenvalue weighted by Crippen LogP contribution is 2.33. The van der Waals surface area contributed by atoms with Gasteiger partial charge in [0.05, 0.1) is 22.6 Å². The maximum Gasteiger partial charge on any atom is 0.264 e. The topological polar surface area (TPSA) is 121 Å². The lowest BCUT2D eigenvalue weighted by molar-refractivity contribution is -0.113. The smallest absolute Gasteiger partial charge is 0.264 e. The molecule has 1 aliphatic carbocycles. The number of aromatic amines is 2. The molecule has 5 rings (SSSR count). The number of amides is 1. The molecule has 8 nitrogen and oxygen atoms in total. The first kappa shape index (κ1) is 21.6. The summed E-state index contributed by atoms with van der Waals surface area (Å²) in [6.45, 7) is 0. The van der Waals surface area contributed by atoms with E-state index in [4.69, 9.17) is 0 Å². The van der Waals surface area contributed by atoms with Crippen LogP contribution < -0.4 is 16.4 Å². The fourth-order valence-electron chi connectivity index (χ4n) is 3.98. The second-order valence-electron chi connectivity index (χ2n) is 7.83. The predicted molar refractivity (Wildman–Crippen MR) is 132 cm³/mol. The van der Waals surface area contributed by atoms with Gasteiger partial charge >= 0.3 is 0 Å². The van der Waals surface area contributed by atoms with Crippen molar-refractivity contribution in [3.05, 3.63) is 73.4 Å². The van der Waals surface area contributed by atoms with Gasteiger partial charge in [-0.1, -0.05) is 12.1 Å². The number of nitrogens with zero attached hydrogens (tertiary/aromatic N) is 2. The standard InChI is InChI=1S/C23H21N5O3S2/c29-19-9-8-16(27-28-19)13-4-3-5-14(10-13)24-20(30)12-32-11-18-25-22(31)21-15-6-1-2-7-17(15)33-23(21)26-18/h3-5,8-10H,1-2,6-7,11-12H2,(H,24,30)(H,28,29)(H,25,26,31). The van der Waals surface area contributed by atoms with Crippen molar-refractivity contribution in [2.75, 3.05) is 11.1 Å². The highest BCUT2D eigenvalue weighted by molar-refractivity contribution is 7.99. The monoisotopic (exact) mass is 479 g/mol. The van der Waals surface area contributed by atoms with E-state index in [0.29, 0.717) is 23.0 Å². The molecule has 3 N–H and O–H groups in total. The average Bonchev–Trinajstić information content (AvgIpc) is 3.18. The van der Waals surface area contributed by atoms with Crippen LogP contribution in [0.5, 0.6) is 0 Å². The molecule has 0 spiro atoms. The third kappa shape index (κ3) is 4.76. The summed E-state index contributed by atoms with van der Waals surface area (Å²) in [5.41, 5.74) is 2.86. The number of hydrogen-bond acceptors (Lipinski definition) is 7. The van der Waals surface area contributed by atoms with Gasteiger partial charge in [0.15, 0.2) is 0 Å². The maximum absolute atomic E-state index is 12.6. The molecular formula is C23H21N5O3S2. The van der Waals surface area contributed by atoms with Gasteiger partial charge in [-0.15, -0.1) is 23.1 Å². The number of anilines is 1. The molecule has 0 unspecified atom stereocenters. The summed E-state index contributed by atoms with van der Waals surface area (Å²) < 4.78 is 0. The number of aromatic nitrogens is 4. The van der Waals surface area contributed by atoms with Gasteiger partial charge in [-0.05, 0) is 49.4 Å². The molecule has 0 aliphatic heterocycles. The summed E-state index contributed by atoms with van der Waals surface area (Å²) in [4.78, 5) is 45.9. The molecule has 3 heterocycles. The van der Waals surface area contributed by atoms with Gasteiger partial charge in [0.1, 0.15) is 10.7 Å². The van der Waals surface area contributed by atoms with Gasteiger partial charge in [0.25, 0.3) is 11.1 Å². The van der Waals surface area contributed by atoms with Gasteiger partial charge in [-0.2, -0.15) is 5.10 Å². The summed E-state index contributed by atoms with van der Waals surface area (Å²) in [5.74, 6) is 1.11. The first-order chi connectivity index (χ1) is 16.1. The van der Waals surface area contributed by atoms with Crippen molar-refractivity contribution < 1.29 is 4.79 Å². The molecule has 1 aliphatic rings. The number of nitrogens with one attached hydrogen (secondary N) is 3. The zero-order chi connectivity index (χ0) is 22.8. The molecular weight excluding hydrogens is 458 g/mol. The highest BCUT2D eigenvalue weighted by atomic mass is 32.2. The molecule has 0 bridgehead atoms. The maximum atomic E-state index is 12.6. The second-order valence-corrected chi connectivity index (χ2v) is 9.90. The van der Waals surface area contributed by atoms with E-state index in [1.54, 1.807) is 29.5 Å². The number of thiophene rings is 1. The van der Waals surface area contributed by atoms with Crippen LogP contribution in [0.25, 0.3) is 21.5 Å². The minimum atomic E-state index is -0.270. The Morgan fingerprint density at radius 1 is 1.15 bits per heavy atom. The summed E-state index contributed by atoms with van der Waals surface area (Å²) in [6, 6.07) is 10.3. The minimum Gasteiger partial charge on any atom is -0.325 e. The van der Waals surface area contributed by atoms with Crippen LogP contribution in [0.4, 0.5) is 5.69 Å². The van der Waals surface area contributed by atoms with E-state index in [9.17, 15) is 14.4 Å². The van der Waals surface area contributed by atoms with Gasteiger partial charge < -0.3 is 10.3 Å². The molecule has 168 valence electrons. The number of carbonyl (C=O) groups is 1. The lowest BCUT2D eigenvalue weighted by Gasteiger charge is -2.09. The van der Waals surface area contributed by atoms with Gasteiger partial charge in [-0.25, -0.2) is 10.1 Å². The Morgan fingerprint density at radius 3 is 2.88 bits per heavy atom. The van der Waals surface area contributed by atoms with Gasteiger partial charge in [0, 0.05) is 22.2 Å². The third-order valence-corrected chi connectivity index (χ3v) is 7.60. The van der Waals surface area contributed by atoms with Crippen molar-refractivity contribution >= 4 is 44.9 Å². The first-order valence-electron chi connectivity index (χ1n) is 10.6. The lowest BCUT2D eigenvalue weighted by Crippen LogP contribution is -2.15. The Bertz CT molecular complexity index is 1440. The zero-order valence-electron chi connectivity index (χ0n) is 17.6. The Kier molecular flexibility index (Phi) is 6.10. The van der Waals surface area contributed by atoms with Crippen molar-refractivity contribution in [3.8, 4) is 11.3 Å². The fraction of sp³-hybridized carbons (Fsp3) is 0.261. The molecule has 0 radical (unpaired) electrons. The number of benzene rings is 1. The largest absolute Gasteiger partial charge is 0.325 e. The molecule has 4 aromatic rings. The van der Waals surface area contributed by atoms with Crippen LogP contribution in [0.3, 0.4) is 0 Å². The lowest BCUT2D eigenvalue weighted by atomic mass is 9.97. The Labute approximate surface area is 196 Å². The molecule has 3 aromatic heterocycles. The average molecular weight is 480 g/mol. The SMILES string of the molecule is O=C(CSCc1nc2sc3c(c2c(=O)[nH]1)CCCC3)Nc1cccc(-c2ccc(=O)[nH]n2)c1. The molecule has 0 saturated carbocycles. The predicted octanol–water partition coefficient (Wildman–Crippen LogP) is 3.49. The molecule has 0 saturated heterocycles. The van der Waals surface area contributed by atoms with Crippen LogP contribution in [0.15, 0.2) is 46.0 Å². The number of thioether (sulfide) groups is 1. The van der Waals surface area contributed by atoms with Crippen molar-refractivity contribution in [2.45, 2.75) is 31.4 Å². The van der Waals surface area contributed by atoms with Crippen LogP contribution in [0.1, 0.15) is 29.1 Å². The molecule has 33 heavy (non-hydrogen) atoms. The Balaban J connectivity index is 1.21. The Hall–Kier alpha value is -3.24. The van der Waals surface area contributed by atoms with E-state index < -0.39 is 0 Å². The van der Waals surface area contributed by atoms with Crippen LogP contribution >= 0.6 is 23.1 Å². The van der Waals surface area contributed by atoms with E-state index in [2.05, 4.69) is 25.5 Å². The molecule has 0 fully saturated rings. The number of aryl methyl sites for hydroxylation is 2. The quantitative estimate of drug-likeness (QED) is 0.389. The third-order valence-electron chi connectivity index (χ3n) is 5.47. The second kappa shape index (κ2) is 9.32. The van der Waals surface area contributed by atoms with E-state index in [1.807, 2.05) is 12.1 Å². The van der Waals surface area contributed by atoms with Crippen LogP contribution in [-0.2, 0) is 23.4 Å². The molecule has 1 aromatic carbocycles. The fourth-order valence-corrected chi connectivity index (χ4v) is 5.95. The highest BCUT2D eigenvalue weighted by Gasteiger charge is 2.19. The van der Waals surface area contributed by atoms with Crippen molar-refractivity contribution in [3.63, 3.8) is 0 Å². The Morgan fingerprint density at radius 2 is 2.03 bits per heavy atom. The number of H-pyrrole nitrogens is 2.